The van der Waals surface area contributed by atoms with Gasteiger partial charge in [-0.1, -0.05) is 11.2 Å². The van der Waals surface area contributed by atoms with Gasteiger partial charge in [-0.15, -0.1) is 0 Å². The van der Waals surface area contributed by atoms with E-state index in [-0.39, 0.29) is 26.2 Å². The molecule has 11 heteroatoms. The average molecular weight is 514 g/mol. The zero-order valence-corrected chi connectivity index (χ0v) is 14.6. The molecule has 0 aliphatic carbocycles. The van der Waals surface area contributed by atoms with Crippen molar-refractivity contribution in [1.29, 1.82) is 0 Å². The fraction of sp³-hybridized carbons (Fsp3) is 0.308. The molecule has 1 aliphatic heterocycles. The van der Waals surface area contributed by atoms with Crippen molar-refractivity contribution in [3.05, 3.63) is 29.3 Å². The van der Waals surface area contributed by atoms with Crippen molar-refractivity contribution in [1.82, 2.24) is 15.0 Å². The number of halogens is 3. The van der Waals surface area contributed by atoms with E-state index in [1.165, 1.54) is 4.90 Å². The molecule has 1 aliphatic rings. The van der Waals surface area contributed by atoms with Crippen molar-refractivity contribution in [3.63, 3.8) is 0 Å². The average Bonchev–Trinajstić information content (AvgIpc) is 3.06. The molecule has 1 fully saturated rings. The van der Waals surface area contributed by atoms with E-state index < -0.39 is 40.6 Å². The maximum Gasteiger partial charge on any atom is 0.294 e. The van der Waals surface area contributed by atoms with Gasteiger partial charge < -0.3 is 19.3 Å². The molecular formula is C13H9F3N3O4Re-. The SMILES string of the molecule is O=C(c1noc(-c2[c-]c(F)c(F)c(O)c2F)n1)N1CCOCC1.[Re]. The minimum absolute atomic E-state index is 0. The Labute approximate surface area is 147 Å². The van der Waals surface area contributed by atoms with Crippen LogP contribution in [0.5, 0.6) is 5.75 Å². The van der Waals surface area contributed by atoms with Gasteiger partial charge in [0.25, 0.3) is 11.7 Å². The molecule has 2 heterocycles. The summed E-state index contributed by atoms with van der Waals surface area (Å²) in [4.78, 5) is 17.2. The van der Waals surface area contributed by atoms with Gasteiger partial charge in [0.05, 0.1) is 24.8 Å². The second kappa shape index (κ2) is 7.29. The number of amides is 1. The summed E-state index contributed by atoms with van der Waals surface area (Å²) >= 11 is 0. The van der Waals surface area contributed by atoms with Gasteiger partial charge in [-0.2, -0.15) is 0 Å². The van der Waals surface area contributed by atoms with E-state index in [1.54, 1.807) is 6.07 Å². The number of carbonyl (C=O) groups excluding carboxylic acids is 1. The van der Waals surface area contributed by atoms with Gasteiger partial charge in [-0.25, -0.2) is 9.37 Å². The molecule has 0 saturated carbocycles. The van der Waals surface area contributed by atoms with Crippen LogP contribution in [0, 0.1) is 23.5 Å². The molecule has 1 aromatic heterocycles. The fourth-order valence-electron chi connectivity index (χ4n) is 2.01. The van der Waals surface area contributed by atoms with Crippen LogP contribution >= 0.6 is 0 Å². The van der Waals surface area contributed by atoms with Crippen molar-refractivity contribution >= 4 is 5.91 Å². The summed E-state index contributed by atoms with van der Waals surface area (Å²) in [6.45, 7) is 1.37. The number of phenolic OH excluding ortho intramolecular Hbond substituents is 1. The Hall–Kier alpha value is -1.96. The molecule has 129 valence electrons. The van der Waals surface area contributed by atoms with Gasteiger partial charge in [0, 0.05) is 33.5 Å². The number of ether oxygens (including phenoxy) is 1. The third-order valence-corrected chi connectivity index (χ3v) is 3.19. The van der Waals surface area contributed by atoms with E-state index in [0.717, 1.165) is 0 Å². The molecule has 1 amide bonds. The molecule has 0 atom stereocenters. The molecule has 0 bridgehead atoms. The Morgan fingerprint density at radius 2 is 1.88 bits per heavy atom. The van der Waals surface area contributed by atoms with Gasteiger partial charge in [0.2, 0.25) is 0 Å². The Morgan fingerprint density at radius 1 is 1.21 bits per heavy atom. The number of hydrogen-bond donors (Lipinski definition) is 1. The van der Waals surface area contributed by atoms with Crippen LogP contribution in [0.2, 0.25) is 0 Å². The van der Waals surface area contributed by atoms with E-state index in [2.05, 4.69) is 14.7 Å². The van der Waals surface area contributed by atoms with Crippen molar-refractivity contribution in [2.24, 2.45) is 0 Å². The van der Waals surface area contributed by atoms with Crippen LogP contribution in [-0.4, -0.2) is 52.4 Å². The number of phenols is 1. The molecule has 24 heavy (non-hydrogen) atoms. The summed E-state index contributed by atoms with van der Waals surface area (Å²) in [5.41, 5.74) is -0.769. The molecule has 7 nitrogen and oxygen atoms in total. The van der Waals surface area contributed by atoms with Gasteiger partial charge in [0.15, 0.2) is 5.89 Å². The van der Waals surface area contributed by atoms with Crippen molar-refractivity contribution < 1.29 is 52.8 Å². The number of nitrogens with zero attached hydrogens (tertiary/aromatic N) is 3. The number of carbonyl (C=O) groups is 1. The standard InChI is InChI=1S/C13H9F3N3O4.Re/c14-7-5-6(8(15)10(20)9(7)16)12-17-11(18-23-12)13(21)19-1-3-22-4-2-19;/h20H,1-4H2;/q-1;. The number of hydrogen-bond acceptors (Lipinski definition) is 6. The molecule has 1 aromatic carbocycles. The van der Waals surface area contributed by atoms with Crippen LogP contribution in [0.1, 0.15) is 10.6 Å². The first-order valence-corrected chi connectivity index (χ1v) is 6.49. The van der Waals surface area contributed by atoms with Gasteiger partial charge in [0.1, 0.15) is 11.6 Å². The second-order valence-corrected chi connectivity index (χ2v) is 4.62. The molecule has 1 N–H and O–H groups in total. The quantitative estimate of drug-likeness (QED) is 0.478. The van der Waals surface area contributed by atoms with Gasteiger partial charge >= 0.3 is 0 Å². The summed E-state index contributed by atoms with van der Waals surface area (Å²) in [5, 5.41) is 12.5. The van der Waals surface area contributed by atoms with Crippen LogP contribution in [0.15, 0.2) is 4.52 Å². The number of rotatable bonds is 2. The number of aromatic hydroxyl groups is 1. The Balaban J connectivity index is 0.00000208. The molecule has 3 rings (SSSR count). The third-order valence-electron chi connectivity index (χ3n) is 3.19. The topological polar surface area (TPSA) is 88.7 Å². The Morgan fingerprint density at radius 3 is 2.54 bits per heavy atom. The van der Waals surface area contributed by atoms with E-state index in [9.17, 15) is 18.0 Å². The monoisotopic (exact) mass is 515 g/mol. The minimum Gasteiger partial charge on any atom is -0.521 e. The summed E-state index contributed by atoms with van der Waals surface area (Å²) in [5.74, 6) is -8.00. The Bertz CT molecular complexity index is 765. The van der Waals surface area contributed by atoms with Crippen LogP contribution in [0.4, 0.5) is 13.2 Å². The second-order valence-electron chi connectivity index (χ2n) is 4.62. The van der Waals surface area contributed by atoms with Crippen LogP contribution in [-0.2, 0) is 25.2 Å². The number of aromatic nitrogens is 2. The van der Waals surface area contributed by atoms with Gasteiger partial charge in [-0.3, -0.25) is 13.6 Å². The summed E-state index contributed by atoms with van der Waals surface area (Å²) in [6, 6.07) is 1.71. The first-order chi connectivity index (χ1) is 11.0. The largest absolute Gasteiger partial charge is 0.521 e. The molecule has 0 unspecified atom stereocenters. The fourth-order valence-corrected chi connectivity index (χ4v) is 2.01. The summed E-state index contributed by atoms with van der Waals surface area (Å²) in [6.07, 6.45) is 0. The maximum atomic E-state index is 13.8. The molecule has 1 radical (unpaired) electrons. The molecule has 2 aromatic rings. The minimum atomic E-state index is -1.78. The van der Waals surface area contributed by atoms with Gasteiger partial charge in [-0.05, 0) is 5.56 Å². The summed E-state index contributed by atoms with van der Waals surface area (Å²) in [7, 11) is 0. The predicted octanol–water partition coefficient (Wildman–Crippen LogP) is 1.13. The smallest absolute Gasteiger partial charge is 0.294 e. The van der Waals surface area contributed by atoms with E-state index in [0.29, 0.717) is 26.3 Å². The van der Waals surface area contributed by atoms with Crippen molar-refractivity contribution in [3.8, 4) is 17.2 Å². The normalized spacial score (nSPS) is 14.4. The maximum absolute atomic E-state index is 13.8. The van der Waals surface area contributed by atoms with Crippen LogP contribution in [0.3, 0.4) is 0 Å². The van der Waals surface area contributed by atoms with Crippen molar-refractivity contribution in [2.75, 3.05) is 26.3 Å². The number of morpholine rings is 1. The first-order valence-electron chi connectivity index (χ1n) is 6.49. The zero-order chi connectivity index (χ0) is 16.6. The summed E-state index contributed by atoms with van der Waals surface area (Å²) < 4.78 is 49.8. The number of benzene rings is 1. The van der Waals surface area contributed by atoms with Crippen LogP contribution in [0.25, 0.3) is 11.5 Å². The van der Waals surface area contributed by atoms with Crippen molar-refractivity contribution in [2.45, 2.75) is 0 Å². The predicted molar refractivity (Wildman–Crippen MR) is 66.8 cm³/mol. The third kappa shape index (κ3) is 3.28. The molecule has 0 spiro atoms. The Kier molecular flexibility index (Phi) is 5.59. The molecule has 1 saturated heterocycles. The van der Waals surface area contributed by atoms with Crippen LogP contribution < -0.4 is 0 Å². The van der Waals surface area contributed by atoms with E-state index >= 15 is 0 Å². The first kappa shape index (κ1) is 18.4. The van der Waals surface area contributed by atoms with E-state index in [4.69, 9.17) is 9.84 Å². The molecular weight excluding hydrogens is 505 g/mol. The van der Waals surface area contributed by atoms with E-state index in [1.807, 2.05) is 0 Å². The zero-order valence-electron chi connectivity index (χ0n) is 11.9.